The third-order valence-electron chi connectivity index (χ3n) is 11.8. The van der Waals surface area contributed by atoms with E-state index in [1.54, 1.807) is 0 Å². The second-order valence-corrected chi connectivity index (χ2v) is 16.5. The van der Waals surface area contributed by atoms with Gasteiger partial charge < -0.3 is 109 Å². The number of hydrogen-bond donors (Lipinski definition) is 13. The van der Waals surface area contributed by atoms with Crippen molar-refractivity contribution in [3.8, 4) is 0 Å². The van der Waals surface area contributed by atoms with Crippen LogP contribution in [0.25, 0.3) is 0 Å². The van der Waals surface area contributed by atoms with Crippen molar-refractivity contribution in [1.82, 2.24) is 9.96 Å². The number of nitrogens with zero attached hydrogens (tertiary/aromatic N) is 2. The highest BCUT2D eigenvalue weighted by Gasteiger charge is 2.52. The summed E-state index contributed by atoms with van der Waals surface area (Å²) in [6, 6.07) is 0. The molecule has 1 unspecified atom stereocenters. The maximum absolute atomic E-state index is 12.3. The van der Waals surface area contributed by atoms with Gasteiger partial charge in [-0.3, -0.25) is 14.5 Å². The number of hydrogen-bond acceptors (Lipinski definition) is 26. The number of rotatable bonds is 22. The first-order chi connectivity index (χ1) is 30.9. The molecule has 0 saturated carbocycles. The SMILES string of the molecule is C[C@@H]1O[C@H](OCCN(CCCCCC(=O)ON2C(=O)CCC2=O)CCO[C@H]2O[C@H](CO[C@H]3O[C@H](CO)[C@@H](O)[C@H](O)[C@@H]3O)[C@@H](O)[C@H](OC3O[C@H](CO)[C@@H](O)[C@H](O)[C@@H]3O)[C@@H]2O)[C@@H](O)[C@H](O)[C@@H]1O. The summed E-state index contributed by atoms with van der Waals surface area (Å²) in [7, 11) is 0. The minimum atomic E-state index is -1.95. The van der Waals surface area contributed by atoms with Crippen LogP contribution in [0.2, 0.25) is 0 Å². The second kappa shape index (κ2) is 24.8. The van der Waals surface area contributed by atoms with Gasteiger partial charge in [0.2, 0.25) is 0 Å². The van der Waals surface area contributed by atoms with Gasteiger partial charge in [-0.25, -0.2) is 4.79 Å². The molecule has 65 heavy (non-hydrogen) atoms. The fourth-order valence-corrected chi connectivity index (χ4v) is 7.74. The molecule has 376 valence electrons. The van der Waals surface area contributed by atoms with Crippen LogP contribution in [0.15, 0.2) is 0 Å². The van der Waals surface area contributed by atoms with Crippen molar-refractivity contribution in [3.63, 3.8) is 0 Å². The molecule has 0 aliphatic carbocycles. The van der Waals surface area contributed by atoms with Crippen molar-refractivity contribution in [2.75, 3.05) is 52.7 Å². The Labute approximate surface area is 372 Å². The first kappa shape index (κ1) is 53.7. The van der Waals surface area contributed by atoms with Crippen LogP contribution in [0.1, 0.15) is 45.4 Å². The molecule has 0 bridgehead atoms. The Morgan fingerprint density at radius 2 is 1.06 bits per heavy atom. The van der Waals surface area contributed by atoms with Crippen LogP contribution < -0.4 is 0 Å². The van der Waals surface area contributed by atoms with Crippen LogP contribution in [0.3, 0.4) is 0 Å². The molecule has 27 nitrogen and oxygen atoms in total. The maximum atomic E-state index is 12.3. The molecule has 5 rings (SSSR count). The van der Waals surface area contributed by atoms with E-state index in [0.29, 0.717) is 30.9 Å². The fourth-order valence-electron chi connectivity index (χ4n) is 7.74. The molecular formula is C38H64N2O25. The van der Waals surface area contributed by atoms with Gasteiger partial charge in [0.1, 0.15) is 91.6 Å². The van der Waals surface area contributed by atoms with Gasteiger partial charge in [0.15, 0.2) is 25.2 Å². The first-order valence-corrected chi connectivity index (χ1v) is 21.5. The quantitative estimate of drug-likeness (QED) is 0.0354. The highest BCUT2D eigenvalue weighted by Crippen LogP contribution is 2.31. The van der Waals surface area contributed by atoms with Gasteiger partial charge >= 0.3 is 5.97 Å². The summed E-state index contributed by atoms with van der Waals surface area (Å²) >= 11 is 0. The Kier molecular flexibility index (Phi) is 20.5. The van der Waals surface area contributed by atoms with E-state index < -0.39 is 160 Å². The molecule has 20 atom stereocenters. The molecule has 0 aromatic rings. The van der Waals surface area contributed by atoms with E-state index in [2.05, 4.69) is 0 Å². The monoisotopic (exact) mass is 948 g/mol. The molecule has 0 spiro atoms. The molecule has 13 N–H and O–H groups in total. The highest BCUT2D eigenvalue weighted by atomic mass is 16.8. The molecule has 27 heteroatoms. The number of unbranched alkanes of at least 4 members (excludes halogenated alkanes) is 2. The molecule has 0 radical (unpaired) electrons. The van der Waals surface area contributed by atoms with Crippen molar-refractivity contribution in [1.29, 1.82) is 0 Å². The molecule has 5 aliphatic heterocycles. The Bertz CT molecular complexity index is 1480. The zero-order valence-electron chi connectivity index (χ0n) is 35.6. The molecule has 5 heterocycles. The van der Waals surface area contributed by atoms with E-state index in [4.69, 9.17) is 42.7 Å². The summed E-state index contributed by atoms with van der Waals surface area (Å²) in [5.41, 5.74) is 0. The van der Waals surface area contributed by atoms with E-state index in [1.165, 1.54) is 6.92 Å². The standard InChI is InChI=1S/C38H64N2O25/c1-16-23(46)27(50)30(53)35(60-16)57-11-9-39(8-4-2-3-5-22(45)65-40-20(43)6-7-21(40)44)10-12-58-37-33(56)34(64-38-32(55)29(52)25(48)18(14-42)62-38)26(49)19(63-37)15-59-36-31(54)28(51)24(47)17(13-41)61-36/h16-19,23-38,41-42,46-56H,2-15H2,1H3/t16-,17+,18+,19+,23+,24+,25+,26+,27+,28-,29-,30-,31-,32-,33-,34-,35-,36-,37-,38?/m0/s1. The van der Waals surface area contributed by atoms with E-state index in [1.807, 2.05) is 4.90 Å². The minimum Gasteiger partial charge on any atom is -0.394 e. The van der Waals surface area contributed by atoms with Crippen LogP contribution >= 0.6 is 0 Å². The van der Waals surface area contributed by atoms with Gasteiger partial charge in [0.05, 0.1) is 39.1 Å². The van der Waals surface area contributed by atoms with E-state index in [-0.39, 0.29) is 45.6 Å². The van der Waals surface area contributed by atoms with Crippen molar-refractivity contribution in [2.24, 2.45) is 0 Å². The fraction of sp³-hybridized carbons (Fsp3) is 0.921. The molecule has 0 aromatic heterocycles. The summed E-state index contributed by atoms with van der Waals surface area (Å²) in [4.78, 5) is 42.6. The zero-order chi connectivity index (χ0) is 47.7. The number of amides is 2. The average Bonchev–Trinajstić information content (AvgIpc) is 3.60. The van der Waals surface area contributed by atoms with Gasteiger partial charge in [-0.05, 0) is 26.3 Å². The Balaban J connectivity index is 1.23. The topological polar surface area (TPSA) is 404 Å². The van der Waals surface area contributed by atoms with Crippen molar-refractivity contribution >= 4 is 17.8 Å². The van der Waals surface area contributed by atoms with Crippen LogP contribution in [0, 0.1) is 0 Å². The lowest BCUT2D eigenvalue weighted by Crippen LogP contribution is -2.65. The van der Waals surface area contributed by atoms with E-state index in [9.17, 15) is 80.8 Å². The highest BCUT2D eigenvalue weighted by molar-refractivity contribution is 6.01. The summed E-state index contributed by atoms with van der Waals surface area (Å²) in [6.45, 7) is -0.513. The molecule has 5 saturated heterocycles. The Hall–Kier alpha value is -2.27. The van der Waals surface area contributed by atoms with Gasteiger partial charge in [-0.1, -0.05) is 6.42 Å². The molecule has 5 fully saturated rings. The van der Waals surface area contributed by atoms with Crippen molar-refractivity contribution < 1.29 is 124 Å². The number of aliphatic hydroxyl groups is 13. The molecule has 0 aromatic carbocycles. The van der Waals surface area contributed by atoms with Gasteiger partial charge in [-0.2, -0.15) is 0 Å². The zero-order valence-corrected chi connectivity index (χ0v) is 35.6. The number of hydroxylamine groups is 2. The maximum Gasteiger partial charge on any atom is 0.333 e. The molecule has 5 aliphatic rings. The van der Waals surface area contributed by atoms with Gasteiger partial charge in [-0.15, -0.1) is 5.06 Å². The third-order valence-corrected chi connectivity index (χ3v) is 11.8. The summed E-state index contributed by atoms with van der Waals surface area (Å²) in [5, 5.41) is 135. The van der Waals surface area contributed by atoms with E-state index in [0.717, 1.165) is 0 Å². The lowest BCUT2D eigenvalue weighted by Gasteiger charge is -2.46. The minimum absolute atomic E-state index is 0.0480. The lowest BCUT2D eigenvalue weighted by atomic mass is 9.96. The summed E-state index contributed by atoms with van der Waals surface area (Å²) < 4.78 is 45.1. The Morgan fingerprint density at radius 3 is 1.63 bits per heavy atom. The van der Waals surface area contributed by atoms with Crippen molar-refractivity contribution in [3.05, 3.63) is 0 Å². The molecule has 2 amide bonds. The van der Waals surface area contributed by atoms with Crippen molar-refractivity contribution in [2.45, 2.75) is 168 Å². The normalized spacial score (nSPS) is 41.6. The van der Waals surface area contributed by atoms with Crippen LogP contribution in [0.5, 0.6) is 0 Å². The number of imide groups is 1. The number of aliphatic hydroxyl groups excluding tert-OH is 13. The predicted molar refractivity (Wildman–Crippen MR) is 205 cm³/mol. The van der Waals surface area contributed by atoms with Crippen LogP contribution in [0.4, 0.5) is 0 Å². The second-order valence-electron chi connectivity index (χ2n) is 16.5. The third kappa shape index (κ3) is 13.5. The van der Waals surface area contributed by atoms with Crippen LogP contribution in [-0.2, 0) is 57.1 Å². The van der Waals surface area contributed by atoms with Gasteiger partial charge in [0.25, 0.3) is 11.8 Å². The lowest BCUT2D eigenvalue weighted by molar-refractivity contribution is -0.366. The number of carbonyl (C=O) groups excluding carboxylic acids is 3. The van der Waals surface area contributed by atoms with Gasteiger partial charge in [0, 0.05) is 32.4 Å². The summed E-state index contributed by atoms with van der Waals surface area (Å²) in [6.07, 6.45) is -31.5. The smallest absolute Gasteiger partial charge is 0.333 e. The Morgan fingerprint density at radius 1 is 0.569 bits per heavy atom. The van der Waals surface area contributed by atoms with E-state index >= 15 is 0 Å². The van der Waals surface area contributed by atoms with Crippen LogP contribution in [-0.4, -0.2) is 270 Å². The largest absolute Gasteiger partial charge is 0.394 e. The first-order valence-electron chi connectivity index (χ1n) is 21.5. The number of carbonyl (C=O) groups is 3. The summed E-state index contributed by atoms with van der Waals surface area (Å²) in [5.74, 6) is -1.97. The predicted octanol–water partition coefficient (Wildman–Crippen LogP) is -8.24. The average molecular weight is 949 g/mol. The molecular weight excluding hydrogens is 884 g/mol. The number of ether oxygens (including phenoxy) is 8.